The molecule has 122 valence electrons. The molecule has 2 unspecified atom stereocenters. The summed E-state index contributed by atoms with van der Waals surface area (Å²) < 4.78 is 6.00. The van der Waals surface area contributed by atoms with Gasteiger partial charge in [-0.3, -0.25) is 4.79 Å². The van der Waals surface area contributed by atoms with Crippen molar-refractivity contribution < 1.29 is 9.53 Å². The Hall–Kier alpha value is -1.35. The third-order valence-electron chi connectivity index (χ3n) is 4.97. The second kappa shape index (κ2) is 7.77. The van der Waals surface area contributed by atoms with Gasteiger partial charge in [0, 0.05) is 19.4 Å². The van der Waals surface area contributed by atoms with Gasteiger partial charge in [-0.15, -0.1) is 0 Å². The summed E-state index contributed by atoms with van der Waals surface area (Å²) in [7, 11) is 0. The summed E-state index contributed by atoms with van der Waals surface area (Å²) in [4.78, 5) is 14.3. The highest BCUT2D eigenvalue weighted by Gasteiger charge is 2.45. The lowest BCUT2D eigenvalue weighted by molar-refractivity contribution is -0.172. The molecule has 0 amide bonds. The van der Waals surface area contributed by atoms with Gasteiger partial charge in [0.05, 0.1) is 0 Å². The first kappa shape index (κ1) is 17.0. The second-order valence-electron chi connectivity index (χ2n) is 6.28. The monoisotopic (exact) mass is 303 g/mol. The number of ether oxygens (including phenoxy) is 1. The van der Waals surface area contributed by atoms with Crippen LogP contribution in [0.4, 0.5) is 0 Å². The van der Waals surface area contributed by atoms with Gasteiger partial charge in [-0.2, -0.15) is 0 Å². The first-order chi connectivity index (χ1) is 10.6. The molecule has 0 heterocycles. The van der Waals surface area contributed by atoms with Crippen LogP contribution in [0, 0.1) is 5.92 Å². The lowest BCUT2D eigenvalue weighted by Gasteiger charge is -2.45. The Morgan fingerprint density at radius 1 is 1.23 bits per heavy atom. The number of nitrogens with zero attached hydrogens (tertiary/aromatic N) is 1. The molecule has 2 rings (SSSR count). The van der Waals surface area contributed by atoms with Gasteiger partial charge in [0.25, 0.3) is 0 Å². The predicted octanol–water partition coefficient (Wildman–Crippen LogP) is 3.98. The number of carbonyl (C=O) groups excluding carboxylic acids is 1. The van der Waals surface area contributed by atoms with Crippen molar-refractivity contribution in [1.82, 2.24) is 4.90 Å². The van der Waals surface area contributed by atoms with Gasteiger partial charge in [-0.25, -0.2) is 0 Å². The largest absolute Gasteiger partial charge is 0.454 e. The Bertz CT molecular complexity index is 470. The minimum Gasteiger partial charge on any atom is -0.454 e. The molecule has 3 nitrogen and oxygen atoms in total. The fourth-order valence-electron chi connectivity index (χ4n) is 3.80. The third kappa shape index (κ3) is 3.70. The summed E-state index contributed by atoms with van der Waals surface area (Å²) in [6.45, 7) is 9.00. The van der Waals surface area contributed by atoms with Crippen LogP contribution in [0.15, 0.2) is 30.3 Å². The number of esters is 1. The Labute approximate surface area is 134 Å². The van der Waals surface area contributed by atoms with E-state index in [4.69, 9.17) is 4.74 Å². The molecule has 0 saturated heterocycles. The first-order valence-electron chi connectivity index (χ1n) is 8.59. The average Bonchev–Trinajstić information content (AvgIpc) is 2.54. The van der Waals surface area contributed by atoms with Gasteiger partial charge in [-0.05, 0) is 37.9 Å². The zero-order chi connectivity index (χ0) is 16.0. The molecule has 22 heavy (non-hydrogen) atoms. The Morgan fingerprint density at radius 3 is 2.50 bits per heavy atom. The minimum absolute atomic E-state index is 0.171. The van der Waals surface area contributed by atoms with E-state index in [1.165, 1.54) is 13.3 Å². The van der Waals surface area contributed by atoms with E-state index in [0.717, 1.165) is 44.5 Å². The van der Waals surface area contributed by atoms with Crippen molar-refractivity contribution in [3.8, 4) is 0 Å². The van der Waals surface area contributed by atoms with Crippen molar-refractivity contribution in [1.29, 1.82) is 0 Å². The normalized spacial score (nSPS) is 25.2. The van der Waals surface area contributed by atoms with Crippen LogP contribution >= 0.6 is 0 Å². The third-order valence-corrected chi connectivity index (χ3v) is 4.97. The van der Waals surface area contributed by atoms with E-state index in [1.54, 1.807) is 0 Å². The summed E-state index contributed by atoms with van der Waals surface area (Å²) >= 11 is 0. The summed E-state index contributed by atoms with van der Waals surface area (Å²) in [6.07, 6.45) is 4.40. The molecule has 1 saturated carbocycles. The number of hydrogen-bond acceptors (Lipinski definition) is 3. The van der Waals surface area contributed by atoms with Crippen LogP contribution in [-0.4, -0.2) is 30.5 Å². The number of hydrogen-bond donors (Lipinski definition) is 0. The highest BCUT2D eigenvalue weighted by Crippen LogP contribution is 2.45. The quantitative estimate of drug-likeness (QED) is 0.745. The molecule has 0 aromatic heterocycles. The van der Waals surface area contributed by atoms with E-state index in [1.807, 2.05) is 18.2 Å². The van der Waals surface area contributed by atoms with Crippen LogP contribution in [-0.2, 0) is 15.1 Å². The molecule has 0 N–H and O–H groups in total. The van der Waals surface area contributed by atoms with E-state index in [9.17, 15) is 4.79 Å². The number of carbonyl (C=O) groups is 1. The zero-order valence-electron chi connectivity index (χ0n) is 14.2. The van der Waals surface area contributed by atoms with Crippen LogP contribution in [0.2, 0.25) is 0 Å². The average molecular weight is 303 g/mol. The Balaban J connectivity index is 2.36. The van der Waals surface area contributed by atoms with Crippen molar-refractivity contribution in [3.05, 3.63) is 35.9 Å². The van der Waals surface area contributed by atoms with Gasteiger partial charge in [0.2, 0.25) is 0 Å². The van der Waals surface area contributed by atoms with Gasteiger partial charge >= 0.3 is 5.97 Å². The molecule has 1 aromatic rings. The van der Waals surface area contributed by atoms with Crippen molar-refractivity contribution in [2.75, 3.05) is 19.6 Å². The molecule has 1 aliphatic carbocycles. The van der Waals surface area contributed by atoms with Crippen LogP contribution in [0.1, 0.15) is 52.0 Å². The molecule has 2 atom stereocenters. The highest BCUT2D eigenvalue weighted by atomic mass is 16.6. The maximum Gasteiger partial charge on any atom is 0.303 e. The second-order valence-corrected chi connectivity index (χ2v) is 6.28. The van der Waals surface area contributed by atoms with E-state index < -0.39 is 5.60 Å². The fourth-order valence-corrected chi connectivity index (χ4v) is 3.80. The molecule has 0 bridgehead atoms. The van der Waals surface area contributed by atoms with Crippen molar-refractivity contribution in [2.24, 2.45) is 5.92 Å². The topological polar surface area (TPSA) is 29.5 Å². The van der Waals surface area contributed by atoms with E-state index in [2.05, 4.69) is 30.9 Å². The standard InChI is InChI=1S/C19H29NO2/c1-4-20(5-2)15-18-13-9-10-14-19(18,22-16(3)21)17-11-7-6-8-12-17/h6-8,11-12,18H,4-5,9-10,13-15H2,1-3H3. The molecular weight excluding hydrogens is 274 g/mol. The van der Waals surface area contributed by atoms with Crippen LogP contribution in [0.25, 0.3) is 0 Å². The smallest absolute Gasteiger partial charge is 0.303 e. The maximum atomic E-state index is 11.8. The lowest BCUT2D eigenvalue weighted by atomic mass is 9.71. The van der Waals surface area contributed by atoms with Crippen molar-refractivity contribution >= 4 is 5.97 Å². The summed E-state index contributed by atoms with van der Waals surface area (Å²) in [5.41, 5.74) is 0.704. The first-order valence-corrected chi connectivity index (χ1v) is 8.59. The zero-order valence-corrected chi connectivity index (χ0v) is 14.2. The summed E-state index contributed by atoms with van der Waals surface area (Å²) in [5.74, 6) is 0.197. The fraction of sp³-hybridized carbons (Fsp3) is 0.632. The highest BCUT2D eigenvalue weighted by molar-refractivity contribution is 5.67. The van der Waals surface area contributed by atoms with E-state index in [0.29, 0.717) is 5.92 Å². The molecular formula is C19H29NO2. The van der Waals surface area contributed by atoms with Gasteiger partial charge in [0.1, 0.15) is 5.60 Å². The van der Waals surface area contributed by atoms with E-state index >= 15 is 0 Å². The predicted molar refractivity (Wildman–Crippen MR) is 89.6 cm³/mol. The number of benzene rings is 1. The van der Waals surface area contributed by atoms with Crippen molar-refractivity contribution in [3.63, 3.8) is 0 Å². The molecule has 1 fully saturated rings. The molecule has 0 radical (unpaired) electrons. The summed E-state index contributed by atoms with van der Waals surface area (Å²) in [5, 5.41) is 0. The summed E-state index contributed by atoms with van der Waals surface area (Å²) in [6, 6.07) is 10.3. The Kier molecular flexibility index (Phi) is 6.01. The SMILES string of the molecule is CCN(CC)CC1CCCCC1(OC(C)=O)c1ccccc1. The lowest BCUT2D eigenvalue weighted by Crippen LogP contribution is -2.47. The van der Waals surface area contributed by atoms with Crippen LogP contribution in [0.3, 0.4) is 0 Å². The maximum absolute atomic E-state index is 11.8. The molecule has 3 heteroatoms. The Morgan fingerprint density at radius 2 is 1.91 bits per heavy atom. The number of rotatable bonds is 6. The van der Waals surface area contributed by atoms with Gasteiger partial charge < -0.3 is 9.64 Å². The molecule has 0 spiro atoms. The van der Waals surface area contributed by atoms with E-state index in [-0.39, 0.29) is 5.97 Å². The van der Waals surface area contributed by atoms with Crippen molar-refractivity contribution in [2.45, 2.75) is 52.1 Å². The molecule has 1 aromatic carbocycles. The van der Waals surface area contributed by atoms with Crippen LogP contribution < -0.4 is 0 Å². The molecule has 0 aliphatic heterocycles. The minimum atomic E-state index is -0.450. The molecule has 1 aliphatic rings. The van der Waals surface area contributed by atoms with Gasteiger partial charge in [-0.1, -0.05) is 50.6 Å². The van der Waals surface area contributed by atoms with Gasteiger partial charge in [0.15, 0.2) is 0 Å². The van der Waals surface area contributed by atoms with Crippen LogP contribution in [0.5, 0.6) is 0 Å².